The Kier molecular flexibility index (Phi) is 10.6. The number of fused-ring (bicyclic) bond motifs is 3. The Bertz CT molecular complexity index is 939. The third kappa shape index (κ3) is 8.56. The van der Waals surface area contributed by atoms with Gasteiger partial charge in [-0.2, -0.15) is 6.08 Å². The molecule has 0 bridgehead atoms. The minimum absolute atomic E-state index is 0.101. The normalized spacial score (nSPS) is 12.3. The van der Waals surface area contributed by atoms with Gasteiger partial charge in [-0.1, -0.05) is 35.4 Å². The molecule has 0 N–H and O–H groups in total. The molecule has 0 saturated carbocycles. The van der Waals surface area contributed by atoms with Crippen molar-refractivity contribution in [1.82, 2.24) is 0 Å². The zero-order valence-electron chi connectivity index (χ0n) is 19.5. The van der Waals surface area contributed by atoms with Crippen LogP contribution in [0.25, 0.3) is 21.5 Å². The Morgan fingerprint density at radius 1 is 0.900 bits per heavy atom. The molecule has 3 aromatic carbocycles. The fraction of sp³-hybridized carbons (Fsp3) is 0.393. The SMILES string of the molecule is CC(C)C[Si](=[Zr+2])CC(C)C.Cc1ccc2c(c1)[cH-]c1cc(C)ccc12.[C-]1=CC=CC1. The summed E-state index contributed by atoms with van der Waals surface area (Å²) in [5.41, 5.74) is 2.76. The Morgan fingerprint density at radius 3 is 1.73 bits per heavy atom. The first kappa shape index (κ1) is 25.2. The predicted molar refractivity (Wildman–Crippen MR) is 133 cm³/mol. The minimum Gasteiger partial charge on any atom is -0.273 e. The largest absolute Gasteiger partial charge is 0.273 e. The number of allylic oxidation sites excluding steroid dienone is 4. The Hall–Kier alpha value is -1.11. The van der Waals surface area contributed by atoms with Gasteiger partial charge in [0.2, 0.25) is 0 Å². The van der Waals surface area contributed by atoms with Crippen molar-refractivity contribution in [2.24, 2.45) is 11.8 Å². The molecule has 0 radical (unpaired) electrons. The van der Waals surface area contributed by atoms with Crippen LogP contribution in [-0.2, 0) is 23.3 Å². The van der Waals surface area contributed by atoms with Gasteiger partial charge in [-0.3, -0.25) is 6.08 Å². The molecule has 0 nitrogen and oxygen atoms in total. The second kappa shape index (κ2) is 12.7. The van der Waals surface area contributed by atoms with E-state index in [1.54, 1.807) is 0 Å². The Labute approximate surface area is 199 Å². The van der Waals surface area contributed by atoms with Gasteiger partial charge >= 0.3 is 80.4 Å². The van der Waals surface area contributed by atoms with Crippen molar-refractivity contribution in [2.45, 2.75) is 60.1 Å². The van der Waals surface area contributed by atoms with Crippen LogP contribution >= 0.6 is 0 Å². The molecule has 30 heavy (non-hydrogen) atoms. The van der Waals surface area contributed by atoms with E-state index in [9.17, 15) is 0 Å². The van der Waals surface area contributed by atoms with E-state index in [4.69, 9.17) is 0 Å². The number of hydrogen-bond donors (Lipinski definition) is 0. The molecule has 0 saturated heterocycles. The average molecular weight is 492 g/mol. The van der Waals surface area contributed by atoms with Crippen molar-refractivity contribution in [1.29, 1.82) is 0 Å². The van der Waals surface area contributed by atoms with E-state index < -0.39 is 0 Å². The summed E-state index contributed by atoms with van der Waals surface area (Å²) in [6.45, 7) is 13.7. The van der Waals surface area contributed by atoms with Gasteiger partial charge < -0.3 is 0 Å². The van der Waals surface area contributed by atoms with E-state index in [1.807, 2.05) is 35.5 Å². The van der Waals surface area contributed by atoms with E-state index in [1.165, 1.54) is 44.8 Å². The zero-order chi connectivity index (χ0) is 22.1. The number of rotatable bonds is 4. The van der Waals surface area contributed by atoms with E-state index in [0.717, 1.165) is 18.3 Å². The summed E-state index contributed by atoms with van der Waals surface area (Å²) in [7, 11) is 0. The minimum atomic E-state index is 0.101. The van der Waals surface area contributed by atoms with E-state index in [2.05, 4.69) is 96.2 Å². The third-order valence-corrected chi connectivity index (χ3v) is 10.5. The molecule has 0 aromatic heterocycles. The van der Waals surface area contributed by atoms with Gasteiger partial charge in [0.05, 0.1) is 0 Å². The molecule has 0 amide bonds. The topological polar surface area (TPSA) is 0 Å². The summed E-state index contributed by atoms with van der Waals surface area (Å²) in [5.74, 6) is 1.87. The molecule has 3 aromatic rings. The second-order valence-corrected chi connectivity index (χ2v) is 16.4. The number of benzene rings is 2. The molecule has 0 aliphatic heterocycles. The molecular formula is C28H36SiZr. The molecule has 1 aliphatic carbocycles. The molecule has 1 aliphatic rings. The molecule has 0 fully saturated rings. The summed E-state index contributed by atoms with van der Waals surface area (Å²) in [6.07, 6.45) is 10.0. The summed E-state index contributed by atoms with van der Waals surface area (Å²) >= 11 is 1.83. The van der Waals surface area contributed by atoms with Crippen molar-refractivity contribution < 1.29 is 23.3 Å². The Morgan fingerprint density at radius 2 is 1.40 bits per heavy atom. The van der Waals surface area contributed by atoms with Crippen LogP contribution in [0.1, 0.15) is 45.2 Å². The van der Waals surface area contributed by atoms with Crippen LogP contribution in [0.4, 0.5) is 0 Å². The quantitative estimate of drug-likeness (QED) is 0.253. The summed E-state index contributed by atoms with van der Waals surface area (Å²) < 4.78 is 0. The molecule has 2 heteroatoms. The summed E-state index contributed by atoms with van der Waals surface area (Å²) in [4.78, 5) is 0. The van der Waals surface area contributed by atoms with Gasteiger partial charge in [-0.25, -0.2) is 12.2 Å². The van der Waals surface area contributed by atoms with Crippen LogP contribution < -0.4 is 0 Å². The van der Waals surface area contributed by atoms with Gasteiger partial charge in [0, 0.05) is 0 Å². The molecule has 0 atom stereocenters. The third-order valence-electron chi connectivity index (χ3n) is 4.91. The van der Waals surface area contributed by atoms with Crippen LogP contribution in [0.5, 0.6) is 0 Å². The predicted octanol–water partition coefficient (Wildman–Crippen LogP) is 8.47. The van der Waals surface area contributed by atoms with Crippen LogP contribution in [0, 0.1) is 31.8 Å². The van der Waals surface area contributed by atoms with E-state index in [-0.39, 0.29) is 5.43 Å². The maximum Gasteiger partial charge on any atom is -0.0469 e. The molecule has 156 valence electrons. The maximum atomic E-state index is 2.99. The van der Waals surface area contributed by atoms with Gasteiger partial charge in [0.25, 0.3) is 0 Å². The summed E-state index contributed by atoms with van der Waals surface area (Å²) in [6, 6.07) is 18.7. The van der Waals surface area contributed by atoms with Crippen molar-refractivity contribution in [3.8, 4) is 0 Å². The second-order valence-electron chi connectivity index (χ2n) is 9.13. The molecule has 0 unspecified atom stereocenters. The molecule has 0 spiro atoms. The van der Waals surface area contributed by atoms with Crippen LogP contribution in [0.15, 0.2) is 60.7 Å². The van der Waals surface area contributed by atoms with Gasteiger partial charge in [-0.05, 0) is 13.8 Å². The van der Waals surface area contributed by atoms with Crippen molar-refractivity contribution in [3.05, 3.63) is 77.9 Å². The summed E-state index contributed by atoms with van der Waals surface area (Å²) in [5, 5.41) is 5.46. The van der Waals surface area contributed by atoms with Crippen molar-refractivity contribution >= 4 is 27.0 Å². The molecular weight excluding hydrogens is 456 g/mol. The molecule has 0 heterocycles. The molecule has 4 rings (SSSR count). The van der Waals surface area contributed by atoms with Gasteiger partial charge in [0.1, 0.15) is 0 Å². The zero-order valence-corrected chi connectivity index (χ0v) is 23.0. The first-order chi connectivity index (χ1) is 14.3. The van der Waals surface area contributed by atoms with Gasteiger partial charge in [0.15, 0.2) is 0 Å². The van der Waals surface area contributed by atoms with Crippen LogP contribution in [0.3, 0.4) is 0 Å². The van der Waals surface area contributed by atoms with Crippen LogP contribution in [-0.4, -0.2) is 5.43 Å². The number of aryl methyl sites for hydroxylation is 2. The Balaban J connectivity index is 0.000000184. The number of hydrogen-bond acceptors (Lipinski definition) is 0. The van der Waals surface area contributed by atoms with Crippen LogP contribution in [0.2, 0.25) is 12.1 Å². The maximum absolute atomic E-state index is 2.99. The fourth-order valence-electron chi connectivity index (χ4n) is 3.67. The van der Waals surface area contributed by atoms with Gasteiger partial charge in [-0.15, -0.1) is 46.2 Å². The first-order valence-electron chi connectivity index (χ1n) is 11.1. The first-order valence-corrected chi connectivity index (χ1v) is 16.7. The van der Waals surface area contributed by atoms with E-state index in [0.29, 0.717) is 0 Å². The monoisotopic (exact) mass is 490 g/mol. The smallest absolute Gasteiger partial charge is 0.0469 e. The van der Waals surface area contributed by atoms with E-state index >= 15 is 0 Å². The fourth-order valence-corrected chi connectivity index (χ4v) is 11.8. The van der Waals surface area contributed by atoms with Crippen molar-refractivity contribution in [3.63, 3.8) is 0 Å². The van der Waals surface area contributed by atoms with Crippen molar-refractivity contribution in [2.75, 3.05) is 0 Å². The average Bonchev–Trinajstić information content (AvgIpc) is 3.31. The standard InChI is InChI=1S/C15H13.C8H18Si.C5H5.Zr/c1-10-3-5-14-12(7-10)9-13-8-11(2)4-6-15(13)14;1-7(2)5-9-6-8(3)4;1-2-4-5-3-1;/h3-9H,1-2H3;7-8H,5-6H2,1-4H3;1-3H,4H2;/q-1;;-1;+2.